The molecule has 2 unspecified atom stereocenters. The molecule has 1 N–H and O–H groups in total. The van der Waals surface area contributed by atoms with E-state index in [9.17, 15) is 9.59 Å². The van der Waals surface area contributed by atoms with Crippen LogP contribution in [0.15, 0.2) is 48.5 Å². The largest absolute Gasteiger partial charge is 0.483 e. The number of benzene rings is 2. The molecule has 2 atom stereocenters. The molecule has 0 aliphatic heterocycles. The molecule has 0 spiro atoms. The van der Waals surface area contributed by atoms with E-state index in [2.05, 4.69) is 5.32 Å². The van der Waals surface area contributed by atoms with Gasteiger partial charge in [0.15, 0.2) is 6.61 Å². The topological polar surface area (TPSA) is 58.6 Å². The second-order valence-corrected chi connectivity index (χ2v) is 7.81. The van der Waals surface area contributed by atoms with E-state index in [4.69, 9.17) is 4.74 Å². The number of rotatable bonds is 10. The molecule has 5 nitrogen and oxygen atoms in total. The van der Waals surface area contributed by atoms with Crippen molar-refractivity contribution in [1.82, 2.24) is 10.2 Å². The highest BCUT2D eigenvalue weighted by molar-refractivity contribution is 5.88. The van der Waals surface area contributed by atoms with Crippen molar-refractivity contribution in [3.05, 3.63) is 65.2 Å². The Labute approximate surface area is 180 Å². The predicted octanol–water partition coefficient (Wildman–Crippen LogP) is 4.40. The van der Waals surface area contributed by atoms with Crippen LogP contribution in [0.2, 0.25) is 0 Å². The van der Waals surface area contributed by atoms with E-state index >= 15 is 0 Å². The molecule has 0 bridgehead atoms. The fourth-order valence-corrected chi connectivity index (χ4v) is 3.23. The van der Waals surface area contributed by atoms with Gasteiger partial charge in [-0.05, 0) is 56.4 Å². The molecule has 0 saturated carbocycles. The molecule has 2 amide bonds. The summed E-state index contributed by atoms with van der Waals surface area (Å²) in [6, 6.07) is 15.2. The lowest BCUT2D eigenvalue weighted by molar-refractivity contribution is -0.143. The SMILES string of the molecule is CCC(C)NC(=O)C(CC)N(Cc1ccccc1)C(=O)COc1cc(C)ccc1C. The van der Waals surface area contributed by atoms with Gasteiger partial charge in [0.1, 0.15) is 11.8 Å². The summed E-state index contributed by atoms with van der Waals surface area (Å²) in [5.74, 6) is 0.369. The normalized spacial score (nSPS) is 12.7. The van der Waals surface area contributed by atoms with Crippen LogP contribution in [-0.4, -0.2) is 35.4 Å². The van der Waals surface area contributed by atoms with Gasteiger partial charge in [0, 0.05) is 12.6 Å². The average molecular weight is 411 g/mol. The molecule has 2 rings (SSSR count). The van der Waals surface area contributed by atoms with Crippen LogP contribution in [0, 0.1) is 13.8 Å². The standard InChI is InChI=1S/C25H34N2O3/c1-6-20(5)26-25(29)22(7-2)27(16-21-11-9-8-10-12-21)24(28)17-30-23-15-18(3)13-14-19(23)4/h8-15,20,22H,6-7,16-17H2,1-5H3,(H,26,29). The molecular weight excluding hydrogens is 376 g/mol. The third-order valence-corrected chi connectivity index (χ3v) is 5.28. The lowest BCUT2D eigenvalue weighted by atomic mass is 10.1. The van der Waals surface area contributed by atoms with Crippen molar-refractivity contribution in [3.63, 3.8) is 0 Å². The number of nitrogens with zero attached hydrogens (tertiary/aromatic N) is 1. The van der Waals surface area contributed by atoms with Gasteiger partial charge in [0.25, 0.3) is 5.91 Å². The van der Waals surface area contributed by atoms with Crippen LogP contribution >= 0.6 is 0 Å². The molecule has 0 saturated heterocycles. The van der Waals surface area contributed by atoms with Gasteiger partial charge in [0.05, 0.1) is 0 Å². The molecular formula is C25H34N2O3. The summed E-state index contributed by atoms with van der Waals surface area (Å²) in [7, 11) is 0. The van der Waals surface area contributed by atoms with Crippen LogP contribution in [0.5, 0.6) is 5.75 Å². The fraction of sp³-hybridized carbons (Fsp3) is 0.440. The van der Waals surface area contributed by atoms with Crippen molar-refractivity contribution in [1.29, 1.82) is 0 Å². The van der Waals surface area contributed by atoms with Crippen LogP contribution in [-0.2, 0) is 16.1 Å². The Kier molecular flexibility index (Phi) is 8.90. The van der Waals surface area contributed by atoms with E-state index in [-0.39, 0.29) is 24.5 Å². The van der Waals surface area contributed by atoms with Crippen molar-refractivity contribution in [3.8, 4) is 5.75 Å². The van der Waals surface area contributed by atoms with Crippen molar-refractivity contribution in [2.45, 2.75) is 66.1 Å². The van der Waals surface area contributed by atoms with E-state index in [1.807, 2.05) is 83.1 Å². The molecule has 30 heavy (non-hydrogen) atoms. The second-order valence-electron chi connectivity index (χ2n) is 7.81. The lowest BCUT2D eigenvalue weighted by Crippen LogP contribution is -2.51. The van der Waals surface area contributed by atoms with Gasteiger partial charge in [-0.2, -0.15) is 0 Å². The monoisotopic (exact) mass is 410 g/mol. The Hall–Kier alpha value is -2.82. The zero-order chi connectivity index (χ0) is 22.1. The molecule has 5 heteroatoms. The average Bonchev–Trinajstić information content (AvgIpc) is 2.74. The quantitative estimate of drug-likeness (QED) is 0.631. The summed E-state index contributed by atoms with van der Waals surface area (Å²) >= 11 is 0. The number of nitrogens with one attached hydrogen (secondary N) is 1. The highest BCUT2D eigenvalue weighted by Gasteiger charge is 2.29. The maximum absolute atomic E-state index is 13.2. The number of hydrogen-bond donors (Lipinski definition) is 1. The Morgan fingerprint density at radius 3 is 2.37 bits per heavy atom. The van der Waals surface area contributed by atoms with Gasteiger partial charge in [0.2, 0.25) is 5.91 Å². The second kappa shape index (κ2) is 11.4. The van der Waals surface area contributed by atoms with Gasteiger partial charge in [-0.3, -0.25) is 9.59 Å². The summed E-state index contributed by atoms with van der Waals surface area (Å²) in [5.41, 5.74) is 3.03. The van der Waals surface area contributed by atoms with Gasteiger partial charge < -0.3 is 15.0 Å². The van der Waals surface area contributed by atoms with Crippen molar-refractivity contribution in [2.24, 2.45) is 0 Å². The number of carbonyl (C=O) groups is 2. The number of aryl methyl sites for hydroxylation is 2. The van der Waals surface area contributed by atoms with E-state index in [0.29, 0.717) is 18.7 Å². The first-order valence-electron chi connectivity index (χ1n) is 10.7. The van der Waals surface area contributed by atoms with E-state index in [1.165, 1.54) is 0 Å². The lowest BCUT2D eigenvalue weighted by Gasteiger charge is -2.31. The van der Waals surface area contributed by atoms with Crippen LogP contribution < -0.4 is 10.1 Å². The predicted molar refractivity (Wildman–Crippen MR) is 120 cm³/mol. The van der Waals surface area contributed by atoms with Crippen LogP contribution in [0.3, 0.4) is 0 Å². The van der Waals surface area contributed by atoms with Gasteiger partial charge >= 0.3 is 0 Å². The highest BCUT2D eigenvalue weighted by Crippen LogP contribution is 2.20. The van der Waals surface area contributed by atoms with Crippen LogP contribution in [0.25, 0.3) is 0 Å². The van der Waals surface area contributed by atoms with Crippen molar-refractivity contribution >= 4 is 11.8 Å². The fourth-order valence-electron chi connectivity index (χ4n) is 3.23. The number of amides is 2. The Bertz CT molecular complexity index is 836. The van der Waals surface area contributed by atoms with Gasteiger partial charge in [-0.15, -0.1) is 0 Å². The minimum absolute atomic E-state index is 0.0615. The zero-order valence-corrected chi connectivity index (χ0v) is 18.8. The Morgan fingerprint density at radius 1 is 1.03 bits per heavy atom. The minimum Gasteiger partial charge on any atom is -0.483 e. The molecule has 0 aliphatic rings. The summed E-state index contributed by atoms with van der Waals surface area (Å²) in [5, 5.41) is 3.02. The van der Waals surface area contributed by atoms with Crippen LogP contribution in [0.4, 0.5) is 0 Å². The van der Waals surface area contributed by atoms with Gasteiger partial charge in [-0.25, -0.2) is 0 Å². The summed E-state index contributed by atoms with van der Waals surface area (Å²) in [4.78, 5) is 27.7. The van der Waals surface area contributed by atoms with Crippen molar-refractivity contribution in [2.75, 3.05) is 6.61 Å². The minimum atomic E-state index is -0.547. The van der Waals surface area contributed by atoms with E-state index in [1.54, 1.807) is 4.90 Å². The van der Waals surface area contributed by atoms with Crippen LogP contribution in [0.1, 0.15) is 50.3 Å². The summed E-state index contributed by atoms with van der Waals surface area (Å²) < 4.78 is 5.85. The first kappa shape index (κ1) is 23.5. The summed E-state index contributed by atoms with van der Waals surface area (Å²) in [6.45, 7) is 10.1. The molecule has 0 heterocycles. The molecule has 0 fully saturated rings. The zero-order valence-electron chi connectivity index (χ0n) is 18.8. The Balaban J connectivity index is 2.21. The number of hydrogen-bond acceptors (Lipinski definition) is 3. The van der Waals surface area contributed by atoms with E-state index < -0.39 is 6.04 Å². The van der Waals surface area contributed by atoms with Gasteiger partial charge in [-0.1, -0.05) is 56.3 Å². The summed E-state index contributed by atoms with van der Waals surface area (Å²) in [6.07, 6.45) is 1.37. The van der Waals surface area contributed by atoms with E-state index in [0.717, 1.165) is 23.1 Å². The van der Waals surface area contributed by atoms with Crippen molar-refractivity contribution < 1.29 is 14.3 Å². The number of ether oxygens (including phenoxy) is 1. The third kappa shape index (κ3) is 6.61. The highest BCUT2D eigenvalue weighted by atomic mass is 16.5. The molecule has 0 aromatic heterocycles. The molecule has 162 valence electrons. The maximum atomic E-state index is 13.2. The molecule has 0 radical (unpaired) electrons. The molecule has 2 aromatic rings. The first-order chi connectivity index (χ1) is 14.3. The smallest absolute Gasteiger partial charge is 0.261 e. The molecule has 2 aromatic carbocycles. The Morgan fingerprint density at radius 2 is 1.73 bits per heavy atom. The maximum Gasteiger partial charge on any atom is 0.261 e. The third-order valence-electron chi connectivity index (χ3n) is 5.28. The number of carbonyl (C=O) groups excluding carboxylic acids is 2. The first-order valence-corrected chi connectivity index (χ1v) is 10.7. The molecule has 0 aliphatic carbocycles.